The highest BCUT2D eigenvalue weighted by atomic mass is 32.2. The Bertz CT molecular complexity index is 1030. The zero-order valence-corrected chi connectivity index (χ0v) is 20.7. The minimum atomic E-state index is -0.299. The van der Waals surface area contributed by atoms with Gasteiger partial charge in [-0.3, -0.25) is 9.69 Å². The zero-order valence-electron chi connectivity index (χ0n) is 19.8. The molecule has 1 saturated heterocycles. The molecule has 0 aliphatic carbocycles. The number of hydrogen-bond acceptors (Lipinski definition) is 6. The number of fused-ring (bicyclic) bond motifs is 1. The van der Waals surface area contributed by atoms with Crippen molar-refractivity contribution in [2.75, 3.05) is 19.7 Å². The number of phenolic OH excluding ortho intramolecular Hbond substituents is 1. The molecular formula is C27H33NO4S. The van der Waals surface area contributed by atoms with Crippen LogP contribution in [0.15, 0.2) is 57.8 Å². The maximum absolute atomic E-state index is 11.8. The number of benzene rings is 2. The van der Waals surface area contributed by atoms with Crippen molar-refractivity contribution in [3.63, 3.8) is 0 Å². The highest BCUT2D eigenvalue weighted by Crippen LogP contribution is 2.50. The first kappa shape index (κ1) is 23.7. The van der Waals surface area contributed by atoms with Gasteiger partial charge in [-0.2, -0.15) is 0 Å². The van der Waals surface area contributed by atoms with E-state index >= 15 is 0 Å². The molecule has 3 atom stereocenters. The fraction of sp³-hybridized carbons (Fsp3) is 0.444. The lowest BCUT2D eigenvalue weighted by molar-refractivity contribution is -0.116. The number of rotatable bonds is 7. The predicted octanol–water partition coefficient (Wildman–Crippen LogP) is 5.98. The topological polar surface area (TPSA) is 59.0 Å². The molecule has 0 amide bonds. The van der Waals surface area contributed by atoms with Crippen LogP contribution in [0.4, 0.5) is 0 Å². The van der Waals surface area contributed by atoms with E-state index in [9.17, 15) is 9.90 Å². The van der Waals surface area contributed by atoms with E-state index in [0.717, 1.165) is 51.4 Å². The number of Topliss-reactive ketones (excluding diaryl/α,β-unsaturated/α-hetero) is 1. The van der Waals surface area contributed by atoms with Crippen LogP contribution in [0, 0.1) is 5.92 Å². The molecule has 0 aromatic heterocycles. The third-order valence-corrected chi connectivity index (χ3v) is 7.99. The highest BCUT2D eigenvalue weighted by Gasteiger charge is 2.29. The average molecular weight is 468 g/mol. The number of ketones is 1. The Morgan fingerprint density at radius 2 is 1.94 bits per heavy atom. The largest absolute Gasteiger partial charge is 0.508 e. The molecule has 1 N–H and O–H groups in total. The molecule has 0 radical (unpaired) electrons. The van der Waals surface area contributed by atoms with Crippen LogP contribution in [0.3, 0.4) is 0 Å². The maximum atomic E-state index is 11.8. The summed E-state index contributed by atoms with van der Waals surface area (Å²) in [6.45, 7) is 11.0. The molecule has 2 heterocycles. The van der Waals surface area contributed by atoms with Crippen LogP contribution in [-0.2, 0) is 4.79 Å². The maximum Gasteiger partial charge on any atom is 0.155 e. The lowest BCUT2D eigenvalue weighted by Crippen LogP contribution is -2.33. The second-order valence-corrected chi connectivity index (χ2v) is 10.3. The van der Waals surface area contributed by atoms with Crippen LogP contribution in [-0.4, -0.2) is 41.5 Å². The molecule has 2 aromatic carbocycles. The summed E-state index contributed by atoms with van der Waals surface area (Å²) in [5.74, 6) is 2.65. The first-order chi connectivity index (χ1) is 15.8. The summed E-state index contributed by atoms with van der Waals surface area (Å²) in [6.07, 6.45) is 1.34. The summed E-state index contributed by atoms with van der Waals surface area (Å²) in [7, 11) is 0. The van der Waals surface area contributed by atoms with Gasteiger partial charge in [0, 0.05) is 23.9 Å². The van der Waals surface area contributed by atoms with Crippen LogP contribution in [0.25, 0.3) is 0 Å². The van der Waals surface area contributed by atoms with Gasteiger partial charge in [-0.15, -0.1) is 0 Å². The first-order valence-electron chi connectivity index (χ1n) is 11.6. The van der Waals surface area contributed by atoms with E-state index < -0.39 is 0 Å². The number of aromatic hydroxyl groups is 1. The Morgan fingerprint density at radius 3 is 2.61 bits per heavy atom. The van der Waals surface area contributed by atoms with Gasteiger partial charge in [0.05, 0.1) is 4.90 Å². The van der Waals surface area contributed by atoms with Crippen molar-refractivity contribution in [3.05, 3.63) is 58.5 Å². The van der Waals surface area contributed by atoms with Gasteiger partial charge < -0.3 is 14.6 Å². The van der Waals surface area contributed by atoms with E-state index in [-0.39, 0.29) is 17.6 Å². The highest BCUT2D eigenvalue weighted by molar-refractivity contribution is 8.03. The smallest absolute Gasteiger partial charge is 0.155 e. The summed E-state index contributed by atoms with van der Waals surface area (Å²) in [4.78, 5) is 16.1. The van der Waals surface area contributed by atoms with Gasteiger partial charge in [0.2, 0.25) is 0 Å². The van der Waals surface area contributed by atoms with Crippen molar-refractivity contribution >= 4 is 17.5 Å². The van der Waals surface area contributed by atoms with Crippen LogP contribution in [0.5, 0.6) is 17.2 Å². The summed E-state index contributed by atoms with van der Waals surface area (Å²) >= 11 is 1.56. The SMILES string of the molecule is CC(=O)CC(C)=C1Sc2cc(O)ccc2O[C@H]1c1ccc(OCCN2CC[C@H](C)[C@H]2C)cc1. The molecule has 0 bridgehead atoms. The number of thioether (sulfide) groups is 1. The molecule has 6 heteroatoms. The minimum absolute atomic E-state index is 0.117. The quantitative estimate of drug-likeness (QED) is 0.541. The third-order valence-electron chi connectivity index (χ3n) is 6.67. The molecule has 5 nitrogen and oxygen atoms in total. The van der Waals surface area contributed by atoms with Gasteiger partial charge in [-0.25, -0.2) is 0 Å². The van der Waals surface area contributed by atoms with Crippen molar-refractivity contribution in [2.24, 2.45) is 5.92 Å². The van der Waals surface area contributed by atoms with Crippen molar-refractivity contribution in [3.8, 4) is 17.2 Å². The van der Waals surface area contributed by atoms with E-state index in [4.69, 9.17) is 9.47 Å². The van der Waals surface area contributed by atoms with Crippen LogP contribution in [0.2, 0.25) is 0 Å². The molecule has 176 valence electrons. The zero-order chi connectivity index (χ0) is 23.5. The molecule has 2 aliphatic heterocycles. The normalized spacial score (nSPS) is 24.2. The molecular weight excluding hydrogens is 434 g/mol. The van der Waals surface area contributed by atoms with Crippen molar-refractivity contribution in [1.29, 1.82) is 0 Å². The Kier molecular flexibility index (Phi) is 7.35. The van der Waals surface area contributed by atoms with Gasteiger partial charge in [-0.05, 0) is 75.5 Å². The first-order valence-corrected chi connectivity index (χ1v) is 12.5. The number of likely N-dealkylation sites (tertiary alicyclic amines) is 1. The molecule has 0 saturated carbocycles. The lowest BCUT2D eigenvalue weighted by Gasteiger charge is -2.30. The average Bonchev–Trinajstić information content (AvgIpc) is 3.10. The van der Waals surface area contributed by atoms with Gasteiger partial charge in [-0.1, -0.05) is 36.4 Å². The third kappa shape index (κ3) is 5.56. The number of phenols is 1. The van der Waals surface area contributed by atoms with Crippen molar-refractivity contribution < 1.29 is 19.4 Å². The second-order valence-electron chi connectivity index (χ2n) is 9.21. The molecule has 0 unspecified atom stereocenters. The van der Waals surface area contributed by atoms with Crippen LogP contribution < -0.4 is 9.47 Å². The number of ether oxygens (including phenoxy) is 2. The van der Waals surface area contributed by atoms with E-state index in [0.29, 0.717) is 19.1 Å². The van der Waals surface area contributed by atoms with Gasteiger partial charge in [0.1, 0.15) is 29.6 Å². The van der Waals surface area contributed by atoms with Gasteiger partial charge >= 0.3 is 0 Å². The second kappa shape index (κ2) is 10.2. The van der Waals surface area contributed by atoms with Gasteiger partial charge in [0.25, 0.3) is 0 Å². The van der Waals surface area contributed by atoms with Gasteiger partial charge in [0.15, 0.2) is 6.10 Å². The Hall–Kier alpha value is -2.44. The fourth-order valence-corrected chi connectivity index (χ4v) is 5.70. The number of carbonyl (C=O) groups is 1. The van der Waals surface area contributed by atoms with E-state index in [2.05, 4.69) is 18.7 Å². The number of allylic oxidation sites excluding steroid dienone is 1. The summed E-state index contributed by atoms with van der Waals surface area (Å²) in [6, 6.07) is 13.8. The summed E-state index contributed by atoms with van der Waals surface area (Å²) in [5.41, 5.74) is 1.99. The van der Waals surface area contributed by atoms with Crippen LogP contribution >= 0.6 is 11.8 Å². The molecule has 4 rings (SSSR count). The predicted molar refractivity (Wildman–Crippen MR) is 132 cm³/mol. The molecule has 0 spiro atoms. The van der Waals surface area contributed by atoms with E-state index in [1.165, 1.54) is 6.42 Å². The van der Waals surface area contributed by atoms with Crippen LogP contribution in [0.1, 0.15) is 52.2 Å². The van der Waals surface area contributed by atoms with E-state index in [1.807, 2.05) is 31.2 Å². The molecule has 1 fully saturated rings. The molecule has 2 aromatic rings. The number of hydrogen-bond donors (Lipinski definition) is 1. The summed E-state index contributed by atoms with van der Waals surface area (Å²) < 4.78 is 12.4. The Balaban J connectivity index is 1.48. The standard InChI is InChI=1S/C27H33NO4S/c1-17-11-12-28(20(17)4)13-14-31-23-8-5-21(6-9-23)26-27(18(2)15-19(3)29)33-25-16-22(30)7-10-24(25)32-26/h5-10,16-17,20,26,30H,11-15H2,1-4H3/t17-,20+,26-/m0/s1. The van der Waals surface area contributed by atoms with Crippen molar-refractivity contribution in [1.82, 2.24) is 4.90 Å². The minimum Gasteiger partial charge on any atom is -0.508 e. The lowest BCUT2D eigenvalue weighted by atomic mass is 10.0. The Labute approximate surface area is 200 Å². The monoisotopic (exact) mass is 467 g/mol. The van der Waals surface area contributed by atoms with Crippen molar-refractivity contribution in [2.45, 2.75) is 57.6 Å². The Morgan fingerprint density at radius 1 is 1.18 bits per heavy atom. The number of carbonyl (C=O) groups excluding carboxylic acids is 1. The van der Waals surface area contributed by atoms with E-state index in [1.54, 1.807) is 36.9 Å². The summed E-state index contributed by atoms with van der Waals surface area (Å²) in [5, 5.41) is 9.88. The fourth-order valence-electron chi connectivity index (χ4n) is 4.53. The molecule has 33 heavy (non-hydrogen) atoms. The number of nitrogens with zero attached hydrogens (tertiary/aromatic N) is 1. The molecule has 2 aliphatic rings.